The van der Waals surface area contributed by atoms with Crippen molar-refractivity contribution in [3.8, 4) is 0 Å². The summed E-state index contributed by atoms with van der Waals surface area (Å²) < 4.78 is 0.678. The number of Topliss-reactive ketones (excluding diaryl/α,β-unsaturated/α-hetero) is 1. The summed E-state index contributed by atoms with van der Waals surface area (Å²) in [6.07, 6.45) is 1.48. The molecule has 4 heteroatoms. The zero-order chi connectivity index (χ0) is 8.97. The van der Waals surface area contributed by atoms with Gasteiger partial charge in [-0.25, -0.2) is 0 Å². The van der Waals surface area contributed by atoms with E-state index in [1.807, 2.05) is 0 Å². The molecule has 0 amide bonds. The maximum absolute atomic E-state index is 11.3. The number of hydrogen-bond acceptors (Lipinski definition) is 2. The van der Waals surface area contributed by atoms with E-state index in [1.165, 1.54) is 11.3 Å². The summed E-state index contributed by atoms with van der Waals surface area (Å²) in [5.74, 6) is 0.186. The standard InChI is InChI=1S/C8H8BrClOS/c9-5-1-2-6(11)7-3-4-8(10)12-7/h3-4H,1-2,5H2. The van der Waals surface area contributed by atoms with Gasteiger partial charge in [0.2, 0.25) is 0 Å². The molecule has 12 heavy (non-hydrogen) atoms. The molecule has 0 aromatic carbocycles. The summed E-state index contributed by atoms with van der Waals surface area (Å²) >= 11 is 10.3. The van der Waals surface area contributed by atoms with E-state index < -0.39 is 0 Å². The second kappa shape index (κ2) is 5.00. The Morgan fingerprint density at radius 3 is 2.83 bits per heavy atom. The first kappa shape index (κ1) is 10.2. The van der Waals surface area contributed by atoms with E-state index in [9.17, 15) is 4.79 Å². The molecule has 0 spiro atoms. The fourth-order valence-corrected chi connectivity index (χ4v) is 2.11. The van der Waals surface area contributed by atoms with Crippen LogP contribution in [0.2, 0.25) is 4.34 Å². The van der Waals surface area contributed by atoms with E-state index in [0.717, 1.165) is 16.6 Å². The first-order valence-electron chi connectivity index (χ1n) is 3.58. The third-order valence-electron chi connectivity index (χ3n) is 1.39. The van der Waals surface area contributed by atoms with Crippen molar-refractivity contribution in [2.45, 2.75) is 12.8 Å². The lowest BCUT2D eigenvalue weighted by atomic mass is 10.2. The first-order chi connectivity index (χ1) is 5.74. The molecule has 0 aliphatic heterocycles. The van der Waals surface area contributed by atoms with Gasteiger partial charge in [0.25, 0.3) is 0 Å². The van der Waals surface area contributed by atoms with Crippen molar-refractivity contribution >= 4 is 44.7 Å². The van der Waals surface area contributed by atoms with Crippen molar-refractivity contribution in [1.82, 2.24) is 0 Å². The molecule has 1 heterocycles. The van der Waals surface area contributed by atoms with Crippen molar-refractivity contribution in [1.29, 1.82) is 0 Å². The van der Waals surface area contributed by atoms with Crippen LogP contribution in [0.1, 0.15) is 22.5 Å². The van der Waals surface area contributed by atoms with Crippen LogP contribution in [0, 0.1) is 0 Å². The van der Waals surface area contributed by atoms with Crippen LogP contribution in [0.25, 0.3) is 0 Å². The van der Waals surface area contributed by atoms with Crippen LogP contribution in [0.3, 0.4) is 0 Å². The maximum Gasteiger partial charge on any atom is 0.172 e. The van der Waals surface area contributed by atoms with Gasteiger partial charge in [-0.2, -0.15) is 0 Å². The highest BCUT2D eigenvalue weighted by molar-refractivity contribution is 9.09. The van der Waals surface area contributed by atoms with Crippen LogP contribution in [-0.2, 0) is 0 Å². The Morgan fingerprint density at radius 2 is 2.33 bits per heavy atom. The summed E-state index contributed by atoms with van der Waals surface area (Å²) in [5, 5.41) is 0.873. The fourth-order valence-electron chi connectivity index (χ4n) is 0.815. The lowest BCUT2D eigenvalue weighted by Crippen LogP contribution is -1.95. The molecule has 0 aliphatic carbocycles. The largest absolute Gasteiger partial charge is 0.293 e. The molecule has 1 nitrogen and oxygen atoms in total. The molecule has 0 saturated carbocycles. The van der Waals surface area contributed by atoms with Gasteiger partial charge in [0, 0.05) is 11.8 Å². The topological polar surface area (TPSA) is 17.1 Å². The smallest absolute Gasteiger partial charge is 0.172 e. The minimum absolute atomic E-state index is 0.186. The van der Waals surface area contributed by atoms with Crippen LogP contribution >= 0.6 is 38.9 Å². The van der Waals surface area contributed by atoms with E-state index in [-0.39, 0.29) is 5.78 Å². The predicted octanol–water partition coefficient (Wildman–Crippen LogP) is 3.76. The fraction of sp³-hybridized carbons (Fsp3) is 0.375. The van der Waals surface area contributed by atoms with Crippen molar-refractivity contribution in [3.63, 3.8) is 0 Å². The molecule has 66 valence electrons. The number of carbonyl (C=O) groups excluding carboxylic acids is 1. The summed E-state index contributed by atoms with van der Waals surface area (Å²) in [7, 11) is 0. The monoisotopic (exact) mass is 266 g/mol. The van der Waals surface area contributed by atoms with E-state index in [4.69, 9.17) is 11.6 Å². The SMILES string of the molecule is O=C(CCCBr)c1ccc(Cl)s1. The molecule has 0 N–H and O–H groups in total. The first-order valence-corrected chi connectivity index (χ1v) is 5.90. The molecular formula is C8H8BrClOS. The van der Waals surface area contributed by atoms with Gasteiger partial charge in [-0.15, -0.1) is 11.3 Å². The quantitative estimate of drug-likeness (QED) is 0.600. The summed E-state index contributed by atoms with van der Waals surface area (Å²) in [4.78, 5) is 12.1. The van der Waals surface area contributed by atoms with Crippen molar-refractivity contribution in [2.24, 2.45) is 0 Å². The number of halogens is 2. The third-order valence-corrected chi connectivity index (χ3v) is 3.22. The van der Waals surface area contributed by atoms with Gasteiger partial charge >= 0.3 is 0 Å². The normalized spacial score (nSPS) is 10.2. The Kier molecular flexibility index (Phi) is 4.26. The van der Waals surface area contributed by atoms with E-state index in [2.05, 4.69) is 15.9 Å². The zero-order valence-electron chi connectivity index (χ0n) is 6.35. The minimum Gasteiger partial charge on any atom is -0.293 e. The van der Waals surface area contributed by atoms with Crippen molar-refractivity contribution in [3.05, 3.63) is 21.3 Å². The van der Waals surface area contributed by atoms with Crippen LogP contribution in [0.15, 0.2) is 12.1 Å². The van der Waals surface area contributed by atoms with E-state index in [1.54, 1.807) is 12.1 Å². The molecule has 0 bridgehead atoms. The number of alkyl halides is 1. The van der Waals surface area contributed by atoms with Crippen LogP contribution in [0.4, 0.5) is 0 Å². The van der Waals surface area contributed by atoms with Gasteiger partial charge in [-0.1, -0.05) is 27.5 Å². The highest BCUT2D eigenvalue weighted by Gasteiger charge is 2.07. The Morgan fingerprint density at radius 1 is 1.58 bits per heavy atom. The highest BCUT2D eigenvalue weighted by atomic mass is 79.9. The average Bonchev–Trinajstić information content (AvgIpc) is 2.47. The molecule has 0 aliphatic rings. The number of hydrogen-bond donors (Lipinski definition) is 0. The third kappa shape index (κ3) is 2.88. The van der Waals surface area contributed by atoms with E-state index in [0.29, 0.717) is 10.8 Å². The Bertz CT molecular complexity index is 272. The van der Waals surface area contributed by atoms with Crippen LogP contribution in [0.5, 0.6) is 0 Å². The highest BCUT2D eigenvalue weighted by Crippen LogP contribution is 2.22. The molecule has 1 rings (SSSR count). The molecule has 0 fully saturated rings. The Hall–Kier alpha value is 0.140. The summed E-state index contributed by atoms with van der Waals surface area (Å²) in [6, 6.07) is 3.54. The molecule has 0 radical (unpaired) electrons. The Balaban J connectivity index is 2.53. The number of carbonyl (C=O) groups is 1. The van der Waals surface area contributed by atoms with Gasteiger partial charge in [0.1, 0.15) is 0 Å². The lowest BCUT2D eigenvalue weighted by Gasteiger charge is -1.93. The Labute approximate surface area is 88.9 Å². The molecule has 0 atom stereocenters. The summed E-state index contributed by atoms with van der Waals surface area (Å²) in [5.41, 5.74) is 0. The van der Waals surface area contributed by atoms with E-state index >= 15 is 0 Å². The zero-order valence-corrected chi connectivity index (χ0v) is 9.51. The van der Waals surface area contributed by atoms with Crippen LogP contribution < -0.4 is 0 Å². The van der Waals surface area contributed by atoms with Crippen molar-refractivity contribution < 1.29 is 4.79 Å². The number of rotatable bonds is 4. The van der Waals surface area contributed by atoms with Gasteiger partial charge in [0.05, 0.1) is 9.21 Å². The number of thiophene rings is 1. The van der Waals surface area contributed by atoms with Gasteiger partial charge in [-0.3, -0.25) is 4.79 Å². The average molecular weight is 268 g/mol. The second-order valence-electron chi connectivity index (χ2n) is 2.32. The molecule has 0 unspecified atom stereocenters. The lowest BCUT2D eigenvalue weighted by molar-refractivity contribution is 0.0986. The maximum atomic E-state index is 11.3. The van der Waals surface area contributed by atoms with Crippen LogP contribution in [-0.4, -0.2) is 11.1 Å². The van der Waals surface area contributed by atoms with Gasteiger partial charge < -0.3 is 0 Å². The number of ketones is 1. The molecule has 1 aromatic rings. The molecule has 1 aromatic heterocycles. The minimum atomic E-state index is 0.186. The molecular weight excluding hydrogens is 260 g/mol. The van der Waals surface area contributed by atoms with Gasteiger partial charge in [0.15, 0.2) is 5.78 Å². The van der Waals surface area contributed by atoms with Gasteiger partial charge in [-0.05, 0) is 18.6 Å². The predicted molar refractivity (Wildman–Crippen MR) is 56.7 cm³/mol. The second-order valence-corrected chi connectivity index (χ2v) is 4.83. The van der Waals surface area contributed by atoms with Crippen molar-refractivity contribution in [2.75, 3.05) is 5.33 Å². The molecule has 0 saturated heterocycles. The summed E-state index contributed by atoms with van der Waals surface area (Å²) in [6.45, 7) is 0.